The van der Waals surface area contributed by atoms with E-state index < -0.39 is 20.0 Å². The Balaban J connectivity index is 4.54. The lowest BCUT2D eigenvalue weighted by molar-refractivity contribution is -0.870. The van der Waals surface area contributed by atoms with Gasteiger partial charge in [0.15, 0.2) is 0 Å². The lowest BCUT2D eigenvalue weighted by atomic mass is 10.0. The van der Waals surface area contributed by atoms with Gasteiger partial charge in [0.25, 0.3) is 7.82 Å². The maximum absolute atomic E-state index is 12.6. The number of unbranched alkanes of at least 4 members (excludes halogenated alkanes) is 17. The van der Waals surface area contributed by atoms with Crippen LogP contribution in [0.3, 0.4) is 0 Å². The van der Waals surface area contributed by atoms with Gasteiger partial charge >= 0.3 is 0 Å². The number of amides is 1. The number of phosphoric ester groups is 1. The van der Waals surface area contributed by atoms with E-state index in [9.17, 15) is 19.4 Å². The van der Waals surface area contributed by atoms with Gasteiger partial charge in [-0.25, -0.2) is 0 Å². The number of aliphatic hydroxyl groups excluding tert-OH is 1. The molecule has 0 radical (unpaired) electrons. The van der Waals surface area contributed by atoms with Gasteiger partial charge in [-0.3, -0.25) is 9.36 Å². The summed E-state index contributed by atoms with van der Waals surface area (Å²) in [5.74, 6) is -0.172. The van der Waals surface area contributed by atoms with E-state index in [2.05, 4.69) is 19.2 Å². The van der Waals surface area contributed by atoms with Gasteiger partial charge in [0.2, 0.25) is 5.91 Å². The molecular weight excluding hydrogens is 539 g/mol. The third kappa shape index (κ3) is 28.1. The number of nitrogens with zero attached hydrogens (tertiary/aromatic N) is 1. The predicted octanol–water partition coefficient (Wildman–Crippen LogP) is 7.27. The van der Waals surface area contributed by atoms with Gasteiger partial charge in [-0.05, 0) is 12.8 Å². The zero-order valence-corrected chi connectivity index (χ0v) is 28.4. The molecule has 3 atom stereocenters. The van der Waals surface area contributed by atoms with Crippen molar-refractivity contribution in [1.29, 1.82) is 0 Å². The van der Waals surface area contributed by atoms with Crippen LogP contribution in [0.2, 0.25) is 0 Å². The number of carbonyl (C=O) groups excluding carboxylic acids is 1. The molecular formula is C32H67N2O6P. The molecule has 3 unspecified atom stereocenters. The van der Waals surface area contributed by atoms with E-state index in [0.717, 1.165) is 38.5 Å². The SMILES string of the molecule is CCCCCCCCCCCCCC(O)C(COP(=O)([O-])OCC[N+](C)(C)C)NC(=O)CCCCCCCCCC. The molecule has 9 heteroatoms. The minimum Gasteiger partial charge on any atom is -0.756 e. The highest BCUT2D eigenvalue weighted by atomic mass is 31.2. The van der Waals surface area contributed by atoms with Crippen molar-refractivity contribution in [3.05, 3.63) is 0 Å². The highest BCUT2D eigenvalue weighted by Gasteiger charge is 2.24. The summed E-state index contributed by atoms with van der Waals surface area (Å²) in [7, 11) is 1.31. The van der Waals surface area contributed by atoms with Gasteiger partial charge in [-0.1, -0.05) is 129 Å². The molecule has 0 saturated heterocycles. The second-order valence-corrected chi connectivity index (χ2v) is 14.3. The lowest BCUT2D eigenvalue weighted by Gasteiger charge is -2.30. The number of hydrogen-bond donors (Lipinski definition) is 2. The molecule has 2 N–H and O–H groups in total. The van der Waals surface area contributed by atoms with Gasteiger partial charge in [0, 0.05) is 6.42 Å². The molecule has 0 heterocycles. The van der Waals surface area contributed by atoms with Crippen molar-refractivity contribution in [2.24, 2.45) is 0 Å². The quantitative estimate of drug-likeness (QED) is 0.0506. The third-order valence-corrected chi connectivity index (χ3v) is 8.56. The maximum Gasteiger partial charge on any atom is 0.268 e. The van der Waals surface area contributed by atoms with Crippen LogP contribution in [0.5, 0.6) is 0 Å². The lowest BCUT2D eigenvalue weighted by Crippen LogP contribution is -2.46. The number of hydrogen-bond acceptors (Lipinski definition) is 6. The van der Waals surface area contributed by atoms with Crippen molar-refractivity contribution in [1.82, 2.24) is 5.32 Å². The first-order chi connectivity index (χ1) is 19.5. The van der Waals surface area contributed by atoms with Crippen LogP contribution >= 0.6 is 7.82 Å². The molecule has 1 amide bonds. The number of likely N-dealkylation sites (N-methyl/N-ethyl adjacent to an activating group) is 1. The third-order valence-electron chi connectivity index (χ3n) is 7.60. The number of quaternary nitrogens is 1. The monoisotopic (exact) mass is 606 g/mol. The summed E-state index contributed by atoms with van der Waals surface area (Å²) in [5.41, 5.74) is 0. The van der Waals surface area contributed by atoms with Crippen LogP contribution in [-0.4, -0.2) is 68.5 Å². The first kappa shape index (κ1) is 40.5. The standard InChI is InChI=1S/C32H67N2O6P/c1-6-8-10-12-14-16-17-18-19-21-23-25-31(35)30(29-40-41(37,38)39-28-27-34(3,4)5)33-32(36)26-24-22-20-15-13-11-9-7-2/h30-31,35H,6-29H2,1-5H3,(H-,33,36,37,38). The van der Waals surface area contributed by atoms with Crippen LogP contribution in [0.15, 0.2) is 0 Å². The zero-order chi connectivity index (χ0) is 30.8. The largest absolute Gasteiger partial charge is 0.756 e. The average Bonchev–Trinajstić information content (AvgIpc) is 2.90. The minimum atomic E-state index is -4.54. The Bertz CT molecular complexity index is 659. The van der Waals surface area contributed by atoms with Gasteiger partial charge in [0.1, 0.15) is 13.2 Å². The highest BCUT2D eigenvalue weighted by Crippen LogP contribution is 2.38. The summed E-state index contributed by atoms with van der Waals surface area (Å²) in [6.07, 6.45) is 22.5. The van der Waals surface area contributed by atoms with Crippen LogP contribution < -0.4 is 10.2 Å². The molecule has 0 rings (SSSR count). The Morgan fingerprint density at radius 3 is 1.66 bits per heavy atom. The van der Waals surface area contributed by atoms with Crippen LogP contribution in [0.4, 0.5) is 0 Å². The maximum atomic E-state index is 12.6. The highest BCUT2D eigenvalue weighted by molar-refractivity contribution is 7.45. The minimum absolute atomic E-state index is 0.0149. The summed E-state index contributed by atoms with van der Waals surface area (Å²) in [6, 6.07) is -0.788. The Kier molecular flexibility index (Phi) is 25.6. The zero-order valence-electron chi connectivity index (χ0n) is 27.5. The number of phosphoric acid groups is 1. The van der Waals surface area contributed by atoms with Crippen molar-refractivity contribution >= 4 is 13.7 Å². The molecule has 0 aromatic rings. The molecule has 8 nitrogen and oxygen atoms in total. The smallest absolute Gasteiger partial charge is 0.268 e. The van der Waals surface area contributed by atoms with Gasteiger partial charge in [-0.15, -0.1) is 0 Å². The van der Waals surface area contributed by atoms with E-state index in [0.29, 0.717) is 23.9 Å². The topological polar surface area (TPSA) is 108 Å². The van der Waals surface area contributed by atoms with Crippen molar-refractivity contribution in [3.63, 3.8) is 0 Å². The molecule has 0 aromatic heterocycles. The average molecular weight is 607 g/mol. The van der Waals surface area contributed by atoms with Gasteiger partial charge in [-0.2, -0.15) is 0 Å². The second-order valence-electron chi connectivity index (χ2n) is 12.9. The molecule has 0 bridgehead atoms. The number of rotatable bonds is 30. The summed E-state index contributed by atoms with van der Waals surface area (Å²) in [6.45, 7) is 4.65. The molecule has 0 fully saturated rings. The Morgan fingerprint density at radius 2 is 1.20 bits per heavy atom. The second kappa shape index (κ2) is 25.9. The molecule has 41 heavy (non-hydrogen) atoms. The van der Waals surface area contributed by atoms with E-state index in [-0.39, 0.29) is 19.1 Å². The first-order valence-corrected chi connectivity index (χ1v) is 18.3. The van der Waals surface area contributed by atoms with Crippen LogP contribution in [0.1, 0.15) is 149 Å². The van der Waals surface area contributed by atoms with Crippen molar-refractivity contribution in [2.75, 3.05) is 40.9 Å². The normalized spacial score (nSPS) is 15.0. The van der Waals surface area contributed by atoms with Crippen molar-refractivity contribution in [3.8, 4) is 0 Å². The summed E-state index contributed by atoms with van der Waals surface area (Å²) in [4.78, 5) is 24.9. The van der Waals surface area contributed by atoms with Crippen LogP contribution in [0.25, 0.3) is 0 Å². The van der Waals surface area contributed by atoms with Crippen LogP contribution in [0, 0.1) is 0 Å². The first-order valence-electron chi connectivity index (χ1n) is 16.9. The van der Waals surface area contributed by atoms with E-state index in [1.807, 2.05) is 21.1 Å². The van der Waals surface area contributed by atoms with Crippen molar-refractivity contribution < 1.29 is 32.9 Å². The van der Waals surface area contributed by atoms with Gasteiger partial charge < -0.3 is 28.8 Å². The molecule has 0 spiro atoms. The number of aliphatic hydroxyl groups is 1. The van der Waals surface area contributed by atoms with E-state index in [1.165, 1.54) is 83.5 Å². The summed E-state index contributed by atoms with van der Waals surface area (Å²) in [5, 5.41) is 13.7. The van der Waals surface area contributed by atoms with E-state index in [4.69, 9.17) is 9.05 Å². The molecule has 0 aromatic carbocycles. The Hall–Kier alpha value is -0.500. The van der Waals surface area contributed by atoms with Crippen molar-refractivity contribution in [2.45, 2.75) is 161 Å². The Labute approximate surface area is 253 Å². The fourth-order valence-electron chi connectivity index (χ4n) is 4.80. The Morgan fingerprint density at radius 1 is 0.756 bits per heavy atom. The predicted molar refractivity (Wildman–Crippen MR) is 169 cm³/mol. The molecule has 0 aliphatic carbocycles. The van der Waals surface area contributed by atoms with Gasteiger partial charge in [0.05, 0.1) is 39.9 Å². The number of nitrogens with one attached hydrogen (secondary N) is 1. The molecule has 0 aliphatic heterocycles. The fraction of sp³-hybridized carbons (Fsp3) is 0.969. The fourth-order valence-corrected chi connectivity index (χ4v) is 5.52. The van der Waals surface area contributed by atoms with E-state index >= 15 is 0 Å². The number of carbonyl (C=O) groups is 1. The van der Waals surface area contributed by atoms with E-state index in [1.54, 1.807) is 0 Å². The molecule has 246 valence electrons. The van der Waals surface area contributed by atoms with Crippen LogP contribution in [-0.2, 0) is 18.4 Å². The molecule has 0 aliphatic rings. The summed E-state index contributed by atoms with van der Waals surface area (Å²) >= 11 is 0. The molecule has 0 saturated carbocycles. The summed E-state index contributed by atoms with van der Waals surface area (Å²) < 4.78 is 23.0.